The van der Waals surface area contributed by atoms with Gasteiger partial charge in [0, 0.05) is 50.9 Å². The minimum Gasteiger partial charge on any atom is -0.395 e. The molecule has 0 spiro atoms. The van der Waals surface area contributed by atoms with Crippen LogP contribution in [-0.4, -0.2) is 67.8 Å². The van der Waals surface area contributed by atoms with E-state index in [2.05, 4.69) is 15.1 Å². The zero-order valence-electron chi connectivity index (χ0n) is 12.8. The summed E-state index contributed by atoms with van der Waals surface area (Å²) in [6, 6.07) is 7.05. The van der Waals surface area contributed by atoms with Crippen LogP contribution < -0.4 is 5.32 Å². The maximum absolute atomic E-state index is 13.8. The first-order valence-corrected chi connectivity index (χ1v) is 7.72. The number of hydrogen-bond donors (Lipinski definition) is 2. The lowest BCUT2D eigenvalue weighted by Crippen LogP contribution is -2.47. The highest BCUT2D eigenvalue weighted by atomic mass is 19.1. The zero-order valence-corrected chi connectivity index (χ0v) is 12.8. The van der Waals surface area contributed by atoms with Gasteiger partial charge in [0.2, 0.25) is 0 Å². The average Bonchev–Trinajstić information content (AvgIpc) is 2.51. The van der Waals surface area contributed by atoms with Gasteiger partial charge in [-0.3, -0.25) is 4.90 Å². The number of nitrogens with zero attached hydrogens (tertiary/aromatic N) is 2. The Bertz CT molecular complexity index is 422. The van der Waals surface area contributed by atoms with E-state index in [4.69, 9.17) is 5.11 Å². The van der Waals surface area contributed by atoms with Gasteiger partial charge < -0.3 is 15.3 Å². The number of aliphatic hydroxyl groups excluding tert-OH is 1. The van der Waals surface area contributed by atoms with Crippen molar-refractivity contribution in [3.63, 3.8) is 0 Å². The van der Waals surface area contributed by atoms with E-state index in [0.29, 0.717) is 0 Å². The Morgan fingerprint density at radius 2 is 1.76 bits per heavy atom. The number of halogens is 1. The molecule has 1 aliphatic heterocycles. The standard InChI is InChI=1S/C16H26FN3O/c1-18-16(14-4-2-3-5-15(14)17)6-7-19-8-10-20(11-9-19)12-13-21/h2-5,16,18,21H,6-13H2,1H3. The fraction of sp³-hybridized carbons (Fsp3) is 0.625. The van der Waals surface area contributed by atoms with Gasteiger partial charge in [-0.25, -0.2) is 4.39 Å². The third-order valence-corrected chi connectivity index (χ3v) is 4.24. The third kappa shape index (κ3) is 4.74. The summed E-state index contributed by atoms with van der Waals surface area (Å²) in [5.41, 5.74) is 0.749. The average molecular weight is 295 g/mol. The van der Waals surface area contributed by atoms with E-state index in [1.807, 2.05) is 19.2 Å². The largest absolute Gasteiger partial charge is 0.395 e. The molecule has 2 rings (SSSR count). The molecule has 21 heavy (non-hydrogen) atoms. The maximum atomic E-state index is 13.8. The van der Waals surface area contributed by atoms with Gasteiger partial charge in [-0.2, -0.15) is 0 Å². The van der Waals surface area contributed by atoms with Gasteiger partial charge in [-0.15, -0.1) is 0 Å². The van der Waals surface area contributed by atoms with Gasteiger partial charge in [0.05, 0.1) is 6.61 Å². The predicted molar refractivity (Wildman–Crippen MR) is 82.8 cm³/mol. The van der Waals surface area contributed by atoms with Gasteiger partial charge >= 0.3 is 0 Å². The molecule has 1 aliphatic rings. The molecular formula is C16H26FN3O. The van der Waals surface area contributed by atoms with Crippen LogP contribution in [0.4, 0.5) is 4.39 Å². The summed E-state index contributed by atoms with van der Waals surface area (Å²) < 4.78 is 13.8. The Kier molecular flexibility index (Phi) is 6.57. The van der Waals surface area contributed by atoms with Crippen molar-refractivity contribution in [2.24, 2.45) is 0 Å². The molecule has 1 atom stereocenters. The van der Waals surface area contributed by atoms with Crippen molar-refractivity contribution in [3.05, 3.63) is 35.6 Å². The van der Waals surface area contributed by atoms with Gasteiger partial charge in [0.1, 0.15) is 5.82 Å². The van der Waals surface area contributed by atoms with Crippen molar-refractivity contribution >= 4 is 0 Å². The van der Waals surface area contributed by atoms with Crippen LogP contribution in [0.15, 0.2) is 24.3 Å². The quantitative estimate of drug-likeness (QED) is 0.790. The number of benzene rings is 1. The highest BCUT2D eigenvalue weighted by molar-refractivity contribution is 5.21. The summed E-state index contributed by atoms with van der Waals surface area (Å²) in [6.45, 7) is 6.01. The SMILES string of the molecule is CNC(CCN1CCN(CCO)CC1)c1ccccc1F. The van der Waals surface area contributed by atoms with Crippen molar-refractivity contribution < 1.29 is 9.50 Å². The van der Waals surface area contributed by atoms with E-state index in [1.165, 1.54) is 6.07 Å². The van der Waals surface area contributed by atoms with Crippen molar-refractivity contribution in [2.45, 2.75) is 12.5 Å². The first-order valence-electron chi connectivity index (χ1n) is 7.72. The number of piperazine rings is 1. The second kappa shape index (κ2) is 8.44. The van der Waals surface area contributed by atoms with E-state index in [9.17, 15) is 4.39 Å². The maximum Gasteiger partial charge on any atom is 0.127 e. The summed E-state index contributed by atoms with van der Waals surface area (Å²) in [7, 11) is 1.89. The fourth-order valence-corrected chi connectivity index (χ4v) is 2.90. The van der Waals surface area contributed by atoms with Gasteiger partial charge in [-0.05, 0) is 19.5 Å². The summed E-state index contributed by atoms with van der Waals surface area (Å²) >= 11 is 0. The Morgan fingerprint density at radius 1 is 1.14 bits per heavy atom. The van der Waals surface area contributed by atoms with Crippen LogP contribution in [0.2, 0.25) is 0 Å². The topological polar surface area (TPSA) is 38.7 Å². The third-order valence-electron chi connectivity index (χ3n) is 4.24. The minimum atomic E-state index is -0.135. The summed E-state index contributed by atoms with van der Waals surface area (Å²) in [5, 5.41) is 12.2. The van der Waals surface area contributed by atoms with E-state index >= 15 is 0 Å². The molecule has 0 saturated carbocycles. The monoisotopic (exact) mass is 295 g/mol. The molecule has 2 N–H and O–H groups in total. The first kappa shape index (κ1) is 16.4. The molecular weight excluding hydrogens is 269 g/mol. The first-order chi connectivity index (χ1) is 10.2. The van der Waals surface area contributed by atoms with E-state index in [1.54, 1.807) is 6.07 Å². The molecule has 0 radical (unpaired) electrons. The van der Waals surface area contributed by atoms with Crippen molar-refractivity contribution in [1.29, 1.82) is 0 Å². The highest BCUT2D eigenvalue weighted by Crippen LogP contribution is 2.20. The molecule has 1 aromatic carbocycles. The minimum absolute atomic E-state index is 0.0571. The number of rotatable bonds is 7. The molecule has 1 fully saturated rings. The molecule has 1 heterocycles. The van der Waals surface area contributed by atoms with Gasteiger partial charge in [0.25, 0.3) is 0 Å². The van der Waals surface area contributed by atoms with Crippen LogP contribution in [0, 0.1) is 5.82 Å². The molecule has 5 heteroatoms. The molecule has 1 saturated heterocycles. The Hall–Kier alpha value is -1.01. The van der Waals surface area contributed by atoms with E-state index in [-0.39, 0.29) is 18.5 Å². The lowest BCUT2D eigenvalue weighted by molar-refractivity contribution is 0.110. The van der Waals surface area contributed by atoms with Gasteiger partial charge in [-0.1, -0.05) is 18.2 Å². The lowest BCUT2D eigenvalue weighted by atomic mass is 10.0. The Labute approximate surface area is 126 Å². The predicted octanol–water partition coefficient (Wildman–Crippen LogP) is 1.09. The van der Waals surface area contributed by atoms with Crippen LogP contribution in [0.25, 0.3) is 0 Å². The summed E-state index contributed by atoms with van der Waals surface area (Å²) in [5.74, 6) is -0.135. The van der Waals surface area contributed by atoms with Crippen LogP contribution in [-0.2, 0) is 0 Å². The molecule has 118 valence electrons. The Balaban J connectivity index is 1.81. The van der Waals surface area contributed by atoms with Crippen molar-refractivity contribution in [1.82, 2.24) is 15.1 Å². The van der Waals surface area contributed by atoms with E-state index in [0.717, 1.165) is 51.3 Å². The van der Waals surface area contributed by atoms with Crippen LogP contribution >= 0.6 is 0 Å². The summed E-state index contributed by atoms with van der Waals surface area (Å²) in [4.78, 5) is 4.70. The Morgan fingerprint density at radius 3 is 2.33 bits per heavy atom. The molecule has 0 aromatic heterocycles. The molecule has 0 aliphatic carbocycles. The normalized spacial score (nSPS) is 18.8. The number of nitrogens with one attached hydrogen (secondary N) is 1. The van der Waals surface area contributed by atoms with Crippen LogP contribution in [0.1, 0.15) is 18.0 Å². The lowest BCUT2D eigenvalue weighted by Gasteiger charge is -2.35. The van der Waals surface area contributed by atoms with Crippen LogP contribution in [0.5, 0.6) is 0 Å². The van der Waals surface area contributed by atoms with Gasteiger partial charge in [0.15, 0.2) is 0 Å². The number of aliphatic hydroxyl groups is 1. The number of β-amino-alcohol motifs (C(OH)–C–C–N with tert-alkyl or cyclic N) is 1. The molecule has 1 unspecified atom stereocenters. The fourth-order valence-electron chi connectivity index (χ4n) is 2.90. The second-order valence-corrected chi connectivity index (χ2v) is 5.56. The molecule has 0 amide bonds. The molecule has 1 aromatic rings. The highest BCUT2D eigenvalue weighted by Gasteiger charge is 2.19. The smallest absolute Gasteiger partial charge is 0.127 e. The molecule has 4 nitrogen and oxygen atoms in total. The van der Waals surface area contributed by atoms with Crippen molar-refractivity contribution in [3.8, 4) is 0 Å². The molecule has 0 bridgehead atoms. The second-order valence-electron chi connectivity index (χ2n) is 5.56. The van der Waals surface area contributed by atoms with Crippen LogP contribution in [0.3, 0.4) is 0 Å². The summed E-state index contributed by atoms with van der Waals surface area (Å²) in [6.07, 6.45) is 0.900. The number of hydrogen-bond acceptors (Lipinski definition) is 4. The van der Waals surface area contributed by atoms with E-state index < -0.39 is 0 Å². The zero-order chi connectivity index (χ0) is 15.1. The van der Waals surface area contributed by atoms with Crippen molar-refractivity contribution in [2.75, 3.05) is 52.9 Å².